The fourth-order valence-corrected chi connectivity index (χ4v) is 6.00. The fourth-order valence-electron chi connectivity index (χ4n) is 4.89. The zero-order chi connectivity index (χ0) is 33.4. The van der Waals surface area contributed by atoms with Crippen LogP contribution in [-0.4, -0.2) is 46.0 Å². The summed E-state index contributed by atoms with van der Waals surface area (Å²) in [6.45, 7) is 11.8. The molecule has 0 bridgehead atoms. The number of hydrogen-bond acceptors (Lipinski definition) is 6. The lowest BCUT2D eigenvalue weighted by Gasteiger charge is -2.13. The molecule has 47 heavy (non-hydrogen) atoms. The molecule has 0 aliphatic carbocycles. The van der Waals surface area contributed by atoms with Crippen LogP contribution in [0.2, 0.25) is 0 Å². The number of aryl methyl sites for hydroxylation is 1. The first-order valence-electron chi connectivity index (χ1n) is 16.6. The highest BCUT2D eigenvalue weighted by atomic mass is 32.2. The molecule has 3 aromatic carbocycles. The zero-order valence-electron chi connectivity index (χ0n) is 28.2. The summed E-state index contributed by atoms with van der Waals surface area (Å²) in [7, 11) is -1.19. The lowest BCUT2D eigenvalue weighted by Crippen LogP contribution is -2.07. The van der Waals surface area contributed by atoms with Crippen molar-refractivity contribution in [3.8, 4) is 22.6 Å². The van der Waals surface area contributed by atoms with Crippen molar-refractivity contribution < 1.29 is 23.2 Å². The summed E-state index contributed by atoms with van der Waals surface area (Å²) in [5.41, 5.74) is 4.73. The minimum atomic E-state index is -1.19. The van der Waals surface area contributed by atoms with Crippen LogP contribution < -0.4 is 9.47 Å². The number of unbranched alkanes of at least 4 members (excludes halogenated alkanes) is 1. The van der Waals surface area contributed by atoms with E-state index in [4.69, 9.17) is 14.2 Å². The Hall–Kier alpha value is -4.01. The first-order chi connectivity index (χ1) is 22.9. The minimum absolute atomic E-state index is 0.0253. The van der Waals surface area contributed by atoms with E-state index in [1.54, 1.807) is 18.6 Å². The van der Waals surface area contributed by atoms with Crippen LogP contribution in [0.5, 0.6) is 11.5 Å². The van der Waals surface area contributed by atoms with Crippen LogP contribution in [0.25, 0.3) is 17.2 Å². The van der Waals surface area contributed by atoms with Crippen LogP contribution in [0.4, 0.5) is 0 Å². The molecule has 0 N–H and O–H groups in total. The van der Waals surface area contributed by atoms with Gasteiger partial charge in [-0.1, -0.05) is 64.4 Å². The highest BCUT2D eigenvalue weighted by molar-refractivity contribution is 7.84. The van der Waals surface area contributed by atoms with Gasteiger partial charge in [0, 0.05) is 36.2 Å². The highest BCUT2D eigenvalue weighted by Crippen LogP contribution is 2.29. The molecule has 0 fully saturated rings. The van der Waals surface area contributed by atoms with Gasteiger partial charge in [0.1, 0.15) is 18.1 Å². The van der Waals surface area contributed by atoms with E-state index in [0.717, 1.165) is 76.8 Å². The first kappa shape index (κ1) is 35.8. The topological polar surface area (TPSA) is 79.7 Å². The summed E-state index contributed by atoms with van der Waals surface area (Å²) < 4.78 is 32.5. The molecular weight excluding hydrogens is 609 g/mol. The SMILES string of the molecule is CCCCOCCOc1ccc(-c2ccc(OCC(C)C)c(/C=C/C(=O)Cc3ccc(S(=O)Cc4cncn4CCC)cc3)c2)cc1. The maximum Gasteiger partial charge on any atom is 0.160 e. The van der Waals surface area contributed by atoms with Gasteiger partial charge in [0.15, 0.2) is 5.78 Å². The van der Waals surface area contributed by atoms with Crippen LogP contribution in [0, 0.1) is 5.92 Å². The summed E-state index contributed by atoms with van der Waals surface area (Å²) in [6.07, 6.45) is 10.4. The molecule has 8 heteroatoms. The van der Waals surface area contributed by atoms with Gasteiger partial charge >= 0.3 is 0 Å². The molecule has 0 spiro atoms. The molecule has 0 aliphatic rings. The van der Waals surface area contributed by atoms with Gasteiger partial charge in [-0.15, -0.1) is 0 Å². The van der Waals surface area contributed by atoms with E-state index in [0.29, 0.717) is 31.5 Å². The molecule has 0 amide bonds. The third kappa shape index (κ3) is 11.6. The van der Waals surface area contributed by atoms with Crippen LogP contribution in [0.15, 0.2) is 90.2 Å². The first-order valence-corrected chi connectivity index (χ1v) is 17.9. The van der Waals surface area contributed by atoms with Crippen molar-refractivity contribution in [1.82, 2.24) is 9.55 Å². The van der Waals surface area contributed by atoms with Crippen molar-refractivity contribution in [1.29, 1.82) is 0 Å². The van der Waals surface area contributed by atoms with Crippen LogP contribution in [0.3, 0.4) is 0 Å². The molecule has 4 aromatic rings. The maximum atomic E-state index is 13.0. The number of rotatable bonds is 20. The van der Waals surface area contributed by atoms with Crippen LogP contribution >= 0.6 is 0 Å². The second kappa shape index (κ2) is 19.0. The lowest BCUT2D eigenvalue weighted by molar-refractivity contribution is -0.113. The van der Waals surface area contributed by atoms with Crippen LogP contribution in [-0.2, 0) is 39.0 Å². The molecule has 0 saturated heterocycles. The van der Waals surface area contributed by atoms with Crippen molar-refractivity contribution in [3.63, 3.8) is 0 Å². The Balaban J connectivity index is 1.39. The maximum absolute atomic E-state index is 13.0. The third-order valence-electron chi connectivity index (χ3n) is 7.46. The summed E-state index contributed by atoms with van der Waals surface area (Å²) in [5, 5.41) is 0. The Bertz CT molecular complexity index is 1590. The molecule has 7 nitrogen and oxygen atoms in total. The number of allylic oxidation sites excluding steroid dienone is 1. The lowest BCUT2D eigenvalue weighted by atomic mass is 10.0. The van der Waals surface area contributed by atoms with Crippen molar-refractivity contribution in [2.24, 2.45) is 5.92 Å². The van der Waals surface area contributed by atoms with E-state index in [9.17, 15) is 9.00 Å². The number of aromatic nitrogens is 2. The van der Waals surface area contributed by atoms with E-state index in [2.05, 4.69) is 32.7 Å². The number of nitrogens with zero attached hydrogens (tertiary/aromatic N) is 2. The van der Waals surface area contributed by atoms with Crippen molar-refractivity contribution in [3.05, 3.63) is 102 Å². The van der Waals surface area contributed by atoms with Gasteiger partial charge in [-0.3, -0.25) is 9.00 Å². The third-order valence-corrected chi connectivity index (χ3v) is 8.82. The van der Waals surface area contributed by atoms with Gasteiger partial charge in [0.25, 0.3) is 0 Å². The number of ether oxygens (including phenoxy) is 3. The normalized spacial score (nSPS) is 12.1. The van der Waals surface area contributed by atoms with Crippen molar-refractivity contribution in [2.45, 2.75) is 70.6 Å². The van der Waals surface area contributed by atoms with E-state index in [1.807, 2.05) is 77.4 Å². The largest absolute Gasteiger partial charge is 0.493 e. The molecule has 1 atom stereocenters. The summed E-state index contributed by atoms with van der Waals surface area (Å²) in [4.78, 5) is 18.0. The number of imidazole rings is 1. The molecule has 250 valence electrons. The Kier molecular flexibility index (Phi) is 14.5. The molecule has 1 aromatic heterocycles. The van der Waals surface area contributed by atoms with E-state index >= 15 is 0 Å². The number of carbonyl (C=O) groups is 1. The molecule has 1 heterocycles. The summed E-state index contributed by atoms with van der Waals surface area (Å²) in [6, 6.07) is 21.5. The Morgan fingerprint density at radius 1 is 0.915 bits per heavy atom. The quantitative estimate of drug-likeness (QED) is 0.0703. The second-order valence-corrected chi connectivity index (χ2v) is 13.4. The molecule has 0 aliphatic heterocycles. The minimum Gasteiger partial charge on any atom is -0.493 e. The fraction of sp³-hybridized carbons (Fsp3) is 0.385. The average molecular weight is 657 g/mol. The molecule has 4 rings (SSSR count). The van der Waals surface area contributed by atoms with Gasteiger partial charge in [-0.05, 0) is 84.0 Å². The molecule has 0 saturated carbocycles. The average Bonchev–Trinajstić information content (AvgIpc) is 3.51. The molecule has 1 unspecified atom stereocenters. The van der Waals surface area contributed by atoms with Gasteiger partial charge < -0.3 is 18.8 Å². The van der Waals surface area contributed by atoms with E-state index in [-0.39, 0.29) is 12.2 Å². The number of ketones is 1. The second-order valence-electron chi connectivity index (χ2n) is 12.0. The van der Waals surface area contributed by atoms with Gasteiger partial charge in [0.2, 0.25) is 0 Å². The number of carbonyl (C=O) groups excluding carboxylic acids is 1. The molecular formula is C39H48N2O5S. The van der Waals surface area contributed by atoms with Crippen LogP contribution in [0.1, 0.15) is 63.8 Å². The Morgan fingerprint density at radius 3 is 2.40 bits per heavy atom. The van der Waals surface area contributed by atoms with Gasteiger partial charge in [-0.2, -0.15) is 0 Å². The van der Waals surface area contributed by atoms with E-state index in [1.165, 1.54) is 0 Å². The standard InChI is InChI=1S/C39H48N2O5S/c1-5-7-21-44-22-23-45-37-15-11-32(12-16-37)33-13-19-39(46-27-30(3)4)34(25-33)10-14-36(42)24-31-8-17-38(18-9-31)47(43)28-35-26-40-29-41(35)20-6-2/h8-19,25-26,29-30H,5-7,20-24,27-28H2,1-4H3/b14-10+. The summed E-state index contributed by atoms with van der Waals surface area (Å²) >= 11 is 0. The summed E-state index contributed by atoms with van der Waals surface area (Å²) in [5.74, 6) is 2.29. The smallest absolute Gasteiger partial charge is 0.160 e. The predicted molar refractivity (Wildman–Crippen MR) is 190 cm³/mol. The Morgan fingerprint density at radius 2 is 1.68 bits per heavy atom. The van der Waals surface area contributed by atoms with Crippen molar-refractivity contribution in [2.75, 3.05) is 26.4 Å². The van der Waals surface area contributed by atoms with E-state index < -0.39 is 10.8 Å². The Labute approximate surface area is 282 Å². The van der Waals surface area contributed by atoms with Gasteiger partial charge in [0.05, 0.1) is 41.8 Å². The monoisotopic (exact) mass is 656 g/mol. The number of benzene rings is 3. The number of hydrogen-bond donors (Lipinski definition) is 0. The van der Waals surface area contributed by atoms with Crippen molar-refractivity contribution >= 4 is 22.7 Å². The molecule has 0 radical (unpaired) electrons. The predicted octanol–water partition coefficient (Wildman–Crippen LogP) is 8.32. The van der Waals surface area contributed by atoms with Gasteiger partial charge in [-0.25, -0.2) is 4.98 Å². The zero-order valence-corrected chi connectivity index (χ0v) is 29.0. The highest BCUT2D eigenvalue weighted by Gasteiger charge is 2.11.